The van der Waals surface area contributed by atoms with Crippen LogP contribution in [0, 0.1) is 0 Å². The maximum Gasteiger partial charge on any atom is 0.416 e. The van der Waals surface area contributed by atoms with E-state index in [2.05, 4.69) is 17.1 Å². The van der Waals surface area contributed by atoms with Gasteiger partial charge in [0, 0.05) is 29.1 Å². The summed E-state index contributed by atoms with van der Waals surface area (Å²) in [5.74, 6) is -0.0883. The SMILES string of the molecule is O=C(O)CCCCc1c[nH]c2ccc(OCc3sc(-c4ccc(C(F)(F)F)cc4)nc3CCc3ccccc3)cc12. The van der Waals surface area contributed by atoms with Crippen LogP contribution in [0.15, 0.2) is 79.0 Å². The molecule has 212 valence electrons. The smallest absolute Gasteiger partial charge is 0.416 e. The normalized spacial score (nSPS) is 11.7. The van der Waals surface area contributed by atoms with E-state index in [1.54, 1.807) is 0 Å². The molecule has 0 bridgehead atoms. The molecule has 2 heterocycles. The molecule has 2 N–H and O–H groups in total. The number of rotatable bonds is 12. The van der Waals surface area contributed by atoms with E-state index in [9.17, 15) is 18.0 Å². The quantitative estimate of drug-likeness (QED) is 0.146. The van der Waals surface area contributed by atoms with Gasteiger partial charge in [-0.05, 0) is 73.6 Å². The first kappa shape index (κ1) is 28.4. The molecule has 0 saturated carbocycles. The Hall–Kier alpha value is -4.11. The number of aromatic amines is 1. The number of hydrogen-bond acceptors (Lipinski definition) is 4. The number of aromatic nitrogens is 2. The molecule has 5 aromatic rings. The van der Waals surface area contributed by atoms with Gasteiger partial charge in [-0.3, -0.25) is 4.79 Å². The fourth-order valence-electron chi connectivity index (χ4n) is 4.72. The summed E-state index contributed by atoms with van der Waals surface area (Å²) in [6.07, 6.45) is 1.36. The number of nitrogens with one attached hydrogen (secondary N) is 1. The third-order valence-corrected chi connectivity index (χ3v) is 8.05. The van der Waals surface area contributed by atoms with E-state index in [1.807, 2.05) is 42.6 Å². The molecular formula is C32H29F3N2O3S. The van der Waals surface area contributed by atoms with Gasteiger partial charge < -0.3 is 14.8 Å². The number of aliphatic carboxylic acids is 1. The van der Waals surface area contributed by atoms with Crippen LogP contribution in [0.4, 0.5) is 13.2 Å². The number of carboxylic acids is 1. The number of H-pyrrole nitrogens is 1. The van der Waals surface area contributed by atoms with Gasteiger partial charge in [0.2, 0.25) is 0 Å². The highest BCUT2D eigenvalue weighted by Gasteiger charge is 2.30. The van der Waals surface area contributed by atoms with E-state index in [4.69, 9.17) is 14.8 Å². The molecule has 41 heavy (non-hydrogen) atoms. The van der Waals surface area contributed by atoms with Crippen LogP contribution in [0.25, 0.3) is 21.5 Å². The van der Waals surface area contributed by atoms with Gasteiger partial charge in [-0.2, -0.15) is 13.2 Å². The summed E-state index contributed by atoms with van der Waals surface area (Å²) >= 11 is 1.43. The second-order valence-electron chi connectivity index (χ2n) is 9.86. The van der Waals surface area contributed by atoms with Crippen molar-refractivity contribution >= 4 is 28.2 Å². The standard InChI is InChI=1S/C32H29F3N2O3S/c33-32(34,35)24-13-11-22(12-14-24)31-37-28(16-10-21-6-2-1-3-7-21)29(41-31)20-40-25-15-17-27-26(18-25)23(19-36-27)8-4-5-9-30(38)39/h1-3,6-7,11-15,17-19,36H,4-5,8-10,16,20H2,(H,38,39). The molecule has 3 aromatic carbocycles. The van der Waals surface area contributed by atoms with E-state index in [0.717, 1.165) is 58.4 Å². The van der Waals surface area contributed by atoms with Crippen LogP contribution < -0.4 is 4.74 Å². The number of aryl methyl sites for hydroxylation is 3. The third-order valence-electron chi connectivity index (χ3n) is 6.93. The monoisotopic (exact) mass is 578 g/mol. The van der Waals surface area contributed by atoms with Crippen molar-refractivity contribution in [3.63, 3.8) is 0 Å². The van der Waals surface area contributed by atoms with Crippen molar-refractivity contribution in [2.24, 2.45) is 0 Å². The molecule has 0 amide bonds. The van der Waals surface area contributed by atoms with Crippen LogP contribution in [-0.2, 0) is 36.8 Å². The van der Waals surface area contributed by atoms with Crippen molar-refractivity contribution in [3.8, 4) is 16.3 Å². The van der Waals surface area contributed by atoms with Gasteiger partial charge in [0.25, 0.3) is 0 Å². The topological polar surface area (TPSA) is 75.2 Å². The number of nitrogens with zero attached hydrogens (tertiary/aromatic N) is 1. The van der Waals surface area contributed by atoms with Crippen LogP contribution in [-0.4, -0.2) is 21.0 Å². The second kappa shape index (κ2) is 12.6. The zero-order valence-corrected chi connectivity index (χ0v) is 23.0. The van der Waals surface area contributed by atoms with Gasteiger partial charge in [0.05, 0.1) is 16.1 Å². The molecule has 0 radical (unpaired) electrons. The highest BCUT2D eigenvalue weighted by molar-refractivity contribution is 7.15. The minimum Gasteiger partial charge on any atom is -0.488 e. The predicted molar refractivity (Wildman–Crippen MR) is 154 cm³/mol. The summed E-state index contributed by atoms with van der Waals surface area (Å²) in [6.45, 7) is 0.284. The summed E-state index contributed by atoms with van der Waals surface area (Å²) < 4.78 is 45.4. The Balaban J connectivity index is 1.34. The maximum absolute atomic E-state index is 13.1. The van der Waals surface area contributed by atoms with Crippen LogP contribution in [0.1, 0.15) is 46.5 Å². The molecule has 0 atom stereocenters. The fourth-order valence-corrected chi connectivity index (χ4v) is 5.75. The minimum absolute atomic E-state index is 0.159. The average molecular weight is 579 g/mol. The Morgan fingerprint density at radius 3 is 2.46 bits per heavy atom. The predicted octanol–water partition coefficient (Wildman–Crippen LogP) is 8.47. The number of carbonyl (C=O) groups is 1. The largest absolute Gasteiger partial charge is 0.488 e. The molecule has 9 heteroatoms. The second-order valence-corrected chi connectivity index (χ2v) is 10.9. The first-order valence-electron chi connectivity index (χ1n) is 13.4. The molecular weight excluding hydrogens is 549 g/mol. The number of benzene rings is 3. The zero-order chi connectivity index (χ0) is 28.8. The highest BCUT2D eigenvalue weighted by Crippen LogP contribution is 2.34. The van der Waals surface area contributed by atoms with Crippen molar-refractivity contribution in [1.29, 1.82) is 0 Å². The number of ether oxygens (including phenoxy) is 1. The molecule has 0 saturated heterocycles. The van der Waals surface area contributed by atoms with E-state index < -0.39 is 17.7 Å². The first-order valence-corrected chi connectivity index (χ1v) is 14.2. The molecule has 0 unspecified atom stereocenters. The molecule has 5 rings (SSSR count). The van der Waals surface area contributed by atoms with Crippen LogP contribution in [0.5, 0.6) is 5.75 Å². The summed E-state index contributed by atoms with van der Waals surface area (Å²) in [7, 11) is 0. The molecule has 0 aliphatic heterocycles. The summed E-state index contributed by atoms with van der Waals surface area (Å²) in [6, 6.07) is 21.0. The number of fused-ring (bicyclic) bond motifs is 1. The summed E-state index contributed by atoms with van der Waals surface area (Å²) in [4.78, 5) is 19.8. The number of halogens is 3. The Labute approximate surface area is 239 Å². The third kappa shape index (κ3) is 7.35. The number of thiazole rings is 1. The van der Waals surface area contributed by atoms with Crippen molar-refractivity contribution in [3.05, 3.63) is 106 Å². The lowest BCUT2D eigenvalue weighted by atomic mass is 10.1. The Kier molecular flexibility index (Phi) is 8.73. The number of hydrogen-bond donors (Lipinski definition) is 2. The van der Waals surface area contributed by atoms with Crippen molar-refractivity contribution in [1.82, 2.24) is 9.97 Å². The Morgan fingerprint density at radius 2 is 1.73 bits per heavy atom. The maximum atomic E-state index is 13.1. The fraction of sp³-hybridized carbons (Fsp3) is 0.250. The molecule has 0 fully saturated rings. The zero-order valence-electron chi connectivity index (χ0n) is 22.2. The summed E-state index contributed by atoms with van der Waals surface area (Å²) in [5, 5.41) is 10.6. The van der Waals surface area contributed by atoms with Crippen LogP contribution in [0.2, 0.25) is 0 Å². The molecule has 0 aliphatic rings. The lowest BCUT2D eigenvalue weighted by Gasteiger charge is -2.08. The number of carboxylic acid groups (broad SMARTS) is 1. The lowest BCUT2D eigenvalue weighted by molar-refractivity contribution is -0.138. The Morgan fingerprint density at radius 1 is 0.951 bits per heavy atom. The van der Waals surface area contributed by atoms with E-state index >= 15 is 0 Å². The van der Waals surface area contributed by atoms with Crippen molar-refractivity contribution in [2.75, 3.05) is 0 Å². The lowest BCUT2D eigenvalue weighted by Crippen LogP contribution is -2.03. The highest BCUT2D eigenvalue weighted by atomic mass is 32.1. The van der Waals surface area contributed by atoms with Crippen molar-refractivity contribution < 1.29 is 27.8 Å². The van der Waals surface area contributed by atoms with Gasteiger partial charge >= 0.3 is 12.1 Å². The molecule has 2 aromatic heterocycles. The van der Waals surface area contributed by atoms with Gasteiger partial charge in [-0.25, -0.2) is 4.98 Å². The van der Waals surface area contributed by atoms with Gasteiger partial charge in [-0.1, -0.05) is 42.5 Å². The average Bonchev–Trinajstić information content (AvgIpc) is 3.57. The van der Waals surface area contributed by atoms with E-state index in [-0.39, 0.29) is 13.0 Å². The number of alkyl halides is 3. The van der Waals surface area contributed by atoms with E-state index in [0.29, 0.717) is 29.2 Å². The van der Waals surface area contributed by atoms with Crippen LogP contribution >= 0.6 is 11.3 Å². The number of unbranched alkanes of at least 4 members (excludes halogenated alkanes) is 1. The minimum atomic E-state index is -4.39. The van der Waals surface area contributed by atoms with Gasteiger partial charge in [-0.15, -0.1) is 11.3 Å². The first-order chi connectivity index (χ1) is 19.8. The van der Waals surface area contributed by atoms with Gasteiger partial charge in [0.1, 0.15) is 17.4 Å². The summed E-state index contributed by atoms with van der Waals surface area (Å²) in [5.41, 5.74) is 4.09. The van der Waals surface area contributed by atoms with Gasteiger partial charge in [0.15, 0.2) is 0 Å². The van der Waals surface area contributed by atoms with E-state index in [1.165, 1.54) is 29.0 Å². The Bertz CT molecular complexity index is 1610. The molecule has 5 nitrogen and oxygen atoms in total. The molecule has 0 aliphatic carbocycles. The van der Waals surface area contributed by atoms with Crippen molar-refractivity contribution in [2.45, 2.75) is 51.3 Å². The van der Waals surface area contributed by atoms with Crippen LogP contribution in [0.3, 0.4) is 0 Å². The molecule has 0 spiro atoms.